The van der Waals surface area contributed by atoms with Gasteiger partial charge in [-0.2, -0.15) is 0 Å². The highest BCUT2D eigenvalue weighted by Crippen LogP contribution is 2.16. The van der Waals surface area contributed by atoms with E-state index in [1.54, 1.807) is 12.4 Å². The summed E-state index contributed by atoms with van der Waals surface area (Å²) in [5.41, 5.74) is 3.33. The van der Waals surface area contributed by atoms with Gasteiger partial charge in [0.15, 0.2) is 0 Å². The minimum atomic E-state index is 1.04. The van der Waals surface area contributed by atoms with Crippen LogP contribution < -0.4 is 0 Å². The Labute approximate surface area is 77.3 Å². The van der Waals surface area contributed by atoms with Crippen LogP contribution in [0.15, 0.2) is 42.9 Å². The number of hydrogen-bond donors (Lipinski definition) is 0. The summed E-state index contributed by atoms with van der Waals surface area (Å²) < 4.78 is 0. The second-order valence-corrected chi connectivity index (χ2v) is 2.92. The van der Waals surface area contributed by atoms with Gasteiger partial charge in [0, 0.05) is 29.8 Å². The van der Waals surface area contributed by atoms with Crippen LogP contribution in [0.25, 0.3) is 11.1 Å². The highest BCUT2D eigenvalue weighted by molar-refractivity contribution is 5.61. The molecule has 0 saturated heterocycles. The van der Waals surface area contributed by atoms with Crippen LogP contribution in [0.2, 0.25) is 0 Å². The SMILES string of the molecule is Cc1ccc(-c2ccncc2)cn1. The lowest BCUT2D eigenvalue weighted by molar-refractivity contribution is 1.20. The number of aryl methyl sites for hydroxylation is 1. The molecule has 0 N–H and O–H groups in total. The standard InChI is InChI=1S/C11H10N2/c1-9-2-3-11(8-13-9)10-4-6-12-7-5-10/h2-8H,1H3. The molecule has 0 atom stereocenters. The van der Waals surface area contributed by atoms with Crippen LogP contribution in [0.4, 0.5) is 0 Å². The maximum atomic E-state index is 4.24. The number of rotatable bonds is 1. The summed E-state index contributed by atoms with van der Waals surface area (Å²) in [5.74, 6) is 0. The zero-order valence-corrected chi connectivity index (χ0v) is 7.44. The Balaban J connectivity index is 2.42. The number of nitrogens with zero attached hydrogens (tertiary/aromatic N) is 2. The van der Waals surface area contributed by atoms with Crippen molar-refractivity contribution in [2.75, 3.05) is 0 Å². The Kier molecular flexibility index (Phi) is 2.04. The first kappa shape index (κ1) is 7.92. The molecule has 0 unspecified atom stereocenters. The van der Waals surface area contributed by atoms with Crippen LogP contribution >= 0.6 is 0 Å². The normalized spacial score (nSPS) is 9.92. The van der Waals surface area contributed by atoms with E-state index in [0.29, 0.717) is 0 Å². The molecule has 0 fully saturated rings. The molecular weight excluding hydrogens is 160 g/mol. The van der Waals surface area contributed by atoms with Gasteiger partial charge in [-0.25, -0.2) is 0 Å². The average Bonchev–Trinajstić information content (AvgIpc) is 2.20. The molecule has 64 valence electrons. The van der Waals surface area contributed by atoms with Crippen molar-refractivity contribution >= 4 is 0 Å². The molecule has 2 aromatic rings. The zero-order chi connectivity index (χ0) is 9.10. The lowest BCUT2D eigenvalue weighted by Crippen LogP contribution is -1.82. The van der Waals surface area contributed by atoms with Gasteiger partial charge in [-0.05, 0) is 30.7 Å². The largest absolute Gasteiger partial charge is 0.265 e. The quantitative estimate of drug-likeness (QED) is 0.657. The third-order valence-corrected chi connectivity index (χ3v) is 1.93. The van der Waals surface area contributed by atoms with Crippen LogP contribution in [0.5, 0.6) is 0 Å². The van der Waals surface area contributed by atoms with Gasteiger partial charge in [0.2, 0.25) is 0 Å². The maximum absolute atomic E-state index is 4.24. The van der Waals surface area contributed by atoms with E-state index in [-0.39, 0.29) is 0 Å². The van der Waals surface area contributed by atoms with Crippen LogP contribution in [-0.2, 0) is 0 Å². The minimum absolute atomic E-state index is 1.04. The number of pyridine rings is 2. The predicted octanol–water partition coefficient (Wildman–Crippen LogP) is 2.45. The van der Waals surface area contributed by atoms with Gasteiger partial charge in [0.25, 0.3) is 0 Å². The Hall–Kier alpha value is -1.70. The van der Waals surface area contributed by atoms with Gasteiger partial charge in [-0.3, -0.25) is 9.97 Å². The summed E-state index contributed by atoms with van der Waals surface area (Å²) in [6, 6.07) is 8.03. The van der Waals surface area contributed by atoms with E-state index < -0.39 is 0 Å². The van der Waals surface area contributed by atoms with Gasteiger partial charge in [0.1, 0.15) is 0 Å². The molecule has 2 nitrogen and oxygen atoms in total. The third-order valence-electron chi connectivity index (χ3n) is 1.93. The fourth-order valence-electron chi connectivity index (χ4n) is 1.18. The smallest absolute Gasteiger partial charge is 0.0373 e. The van der Waals surface area contributed by atoms with Gasteiger partial charge in [0.05, 0.1) is 0 Å². The average molecular weight is 170 g/mol. The molecule has 0 radical (unpaired) electrons. The summed E-state index contributed by atoms with van der Waals surface area (Å²) in [5, 5.41) is 0. The van der Waals surface area contributed by atoms with E-state index in [0.717, 1.165) is 16.8 Å². The summed E-state index contributed by atoms with van der Waals surface area (Å²) in [7, 11) is 0. The van der Waals surface area contributed by atoms with Crippen molar-refractivity contribution in [3.05, 3.63) is 48.5 Å². The van der Waals surface area contributed by atoms with Crippen molar-refractivity contribution in [1.82, 2.24) is 9.97 Å². The van der Waals surface area contributed by atoms with Gasteiger partial charge in [-0.1, -0.05) is 6.07 Å². The topological polar surface area (TPSA) is 25.8 Å². The first-order valence-electron chi connectivity index (χ1n) is 4.19. The Bertz CT molecular complexity index is 379. The summed E-state index contributed by atoms with van der Waals surface area (Å²) in [6.45, 7) is 1.98. The van der Waals surface area contributed by atoms with E-state index in [2.05, 4.69) is 16.0 Å². The molecule has 0 aromatic carbocycles. The van der Waals surface area contributed by atoms with Crippen LogP contribution in [0, 0.1) is 6.92 Å². The van der Waals surface area contributed by atoms with E-state index in [1.807, 2.05) is 31.3 Å². The van der Waals surface area contributed by atoms with Crippen molar-refractivity contribution in [3.8, 4) is 11.1 Å². The van der Waals surface area contributed by atoms with Gasteiger partial charge < -0.3 is 0 Å². The van der Waals surface area contributed by atoms with Crippen molar-refractivity contribution in [2.24, 2.45) is 0 Å². The molecule has 2 aromatic heterocycles. The number of aromatic nitrogens is 2. The maximum Gasteiger partial charge on any atom is 0.0373 e. The second kappa shape index (κ2) is 3.35. The van der Waals surface area contributed by atoms with Gasteiger partial charge >= 0.3 is 0 Å². The summed E-state index contributed by atoms with van der Waals surface area (Å²) in [4.78, 5) is 8.20. The molecule has 2 heterocycles. The van der Waals surface area contributed by atoms with E-state index in [4.69, 9.17) is 0 Å². The van der Waals surface area contributed by atoms with E-state index >= 15 is 0 Å². The first-order chi connectivity index (χ1) is 6.36. The molecule has 2 heteroatoms. The molecule has 0 aliphatic heterocycles. The molecule has 13 heavy (non-hydrogen) atoms. The Morgan fingerprint density at radius 3 is 2.31 bits per heavy atom. The van der Waals surface area contributed by atoms with Crippen molar-refractivity contribution in [3.63, 3.8) is 0 Å². The number of hydrogen-bond acceptors (Lipinski definition) is 2. The van der Waals surface area contributed by atoms with E-state index in [1.165, 1.54) is 0 Å². The van der Waals surface area contributed by atoms with E-state index in [9.17, 15) is 0 Å². The lowest BCUT2D eigenvalue weighted by Gasteiger charge is -1.99. The van der Waals surface area contributed by atoms with Crippen molar-refractivity contribution < 1.29 is 0 Å². The molecule has 0 amide bonds. The fourth-order valence-corrected chi connectivity index (χ4v) is 1.18. The first-order valence-corrected chi connectivity index (χ1v) is 4.19. The van der Waals surface area contributed by atoms with Gasteiger partial charge in [-0.15, -0.1) is 0 Å². The molecule has 0 bridgehead atoms. The Morgan fingerprint density at radius 2 is 1.69 bits per heavy atom. The lowest BCUT2D eigenvalue weighted by atomic mass is 10.1. The molecule has 0 spiro atoms. The minimum Gasteiger partial charge on any atom is -0.265 e. The second-order valence-electron chi connectivity index (χ2n) is 2.92. The summed E-state index contributed by atoms with van der Waals surface area (Å²) in [6.07, 6.45) is 5.45. The van der Waals surface area contributed by atoms with Crippen molar-refractivity contribution in [1.29, 1.82) is 0 Å². The van der Waals surface area contributed by atoms with Crippen LogP contribution in [-0.4, -0.2) is 9.97 Å². The molecular formula is C11H10N2. The van der Waals surface area contributed by atoms with Crippen molar-refractivity contribution in [2.45, 2.75) is 6.92 Å². The molecule has 0 aliphatic rings. The highest BCUT2D eigenvalue weighted by atomic mass is 14.7. The Morgan fingerprint density at radius 1 is 0.923 bits per heavy atom. The molecule has 0 saturated carbocycles. The third kappa shape index (κ3) is 1.72. The monoisotopic (exact) mass is 170 g/mol. The molecule has 2 rings (SSSR count). The predicted molar refractivity (Wildman–Crippen MR) is 52.2 cm³/mol. The zero-order valence-electron chi connectivity index (χ0n) is 7.44. The highest BCUT2D eigenvalue weighted by Gasteiger charge is 1.95. The fraction of sp³-hybridized carbons (Fsp3) is 0.0909. The molecule has 0 aliphatic carbocycles. The van der Waals surface area contributed by atoms with Crippen LogP contribution in [0.3, 0.4) is 0 Å². The van der Waals surface area contributed by atoms with Crippen LogP contribution in [0.1, 0.15) is 5.69 Å². The summed E-state index contributed by atoms with van der Waals surface area (Å²) >= 11 is 0.